The molecule has 0 aromatic heterocycles. The monoisotopic (exact) mass is 312 g/mol. The quantitative estimate of drug-likeness (QED) is 0.844. The molecule has 0 radical (unpaired) electrons. The number of rotatable bonds is 5. The largest absolute Gasteiger partial charge is 0.444 e. The zero-order chi connectivity index (χ0) is 16.4. The molecule has 1 atom stereocenters. The SMILES string of the molecule is CCC1(OCC(=O)NC2CC2)CCN(C(=O)OC(C)(C)C)C1. The zero-order valence-corrected chi connectivity index (χ0v) is 14.1. The molecule has 2 fully saturated rings. The van der Waals surface area contributed by atoms with Crippen LogP contribution < -0.4 is 5.32 Å². The van der Waals surface area contributed by atoms with Crippen molar-refractivity contribution in [1.29, 1.82) is 0 Å². The van der Waals surface area contributed by atoms with Gasteiger partial charge in [-0.1, -0.05) is 6.92 Å². The van der Waals surface area contributed by atoms with E-state index in [9.17, 15) is 9.59 Å². The molecule has 0 aromatic rings. The van der Waals surface area contributed by atoms with Crippen LogP contribution in [0.3, 0.4) is 0 Å². The number of carbonyl (C=O) groups is 2. The van der Waals surface area contributed by atoms with Crippen LogP contribution >= 0.6 is 0 Å². The molecule has 126 valence electrons. The Morgan fingerprint density at radius 1 is 1.32 bits per heavy atom. The maximum absolute atomic E-state index is 12.1. The van der Waals surface area contributed by atoms with Gasteiger partial charge in [0.25, 0.3) is 0 Å². The van der Waals surface area contributed by atoms with Gasteiger partial charge < -0.3 is 19.7 Å². The lowest BCUT2D eigenvalue weighted by molar-refractivity contribution is -0.133. The van der Waals surface area contributed by atoms with Gasteiger partial charge in [0, 0.05) is 12.6 Å². The predicted molar refractivity (Wildman–Crippen MR) is 82.6 cm³/mol. The van der Waals surface area contributed by atoms with E-state index in [0.29, 0.717) is 19.1 Å². The zero-order valence-electron chi connectivity index (χ0n) is 14.1. The van der Waals surface area contributed by atoms with E-state index >= 15 is 0 Å². The number of amides is 2. The van der Waals surface area contributed by atoms with E-state index in [2.05, 4.69) is 5.32 Å². The van der Waals surface area contributed by atoms with Crippen LogP contribution in [0.25, 0.3) is 0 Å². The van der Waals surface area contributed by atoms with Crippen molar-refractivity contribution in [2.24, 2.45) is 0 Å². The second-order valence-corrected chi connectivity index (χ2v) is 7.32. The number of ether oxygens (including phenoxy) is 2. The molecule has 1 unspecified atom stereocenters. The van der Waals surface area contributed by atoms with Crippen molar-refractivity contribution in [2.75, 3.05) is 19.7 Å². The lowest BCUT2D eigenvalue weighted by atomic mass is 10.00. The average Bonchev–Trinajstić information content (AvgIpc) is 3.12. The molecule has 2 aliphatic rings. The summed E-state index contributed by atoms with van der Waals surface area (Å²) in [6, 6.07) is 0.343. The third-order valence-electron chi connectivity index (χ3n) is 4.06. The summed E-state index contributed by atoms with van der Waals surface area (Å²) in [5.41, 5.74) is -0.933. The number of hydrogen-bond acceptors (Lipinski definition) is 4. The highest BCUT2D eigenvalue weighted by Gasteiger charge is 2.41. The summed E-state index contributed by atoms with van der Waals surface area (Å²) in [6.45, 7) is 8.73. The highest BCUT2D eigenvalue weighted by molar-refractivity contribution is 5.77. The van der Waals surface area contributed by atoms with Gasteiger partial charge in [-0.3, -0.25) is 4.79 Å². The molecule has 1 aliphatic heterocycles. The Hall–Kier alpha value is -1.30. The lowest BCUT2D eigenvalue weighted by Crippen LogP contribution is -2.42. The topological polar surface area (TPSA) is 67.9 Å². The second-order valence-electron chi connectivity index (χ2n) is 7.32. The Bertz CT molecular complexity index is 428. The smallest absolute Gasteiger partial charge is 0.410 e. The number of likely N-dealkylation sites (tertiary alicyclic amines) is 1. The fraction of sp³-hybridized carbons (Fsp3) is 0.875. The van der Waals surface area contributed by atoms with Crippen LogP contribution in [0.5, 0.6) is 0 Å². The third kappa shape index (κ3) is 4.87. The molecule has 0 bridgehead atoms. The van der Waals surface area contributed by atoms with Crippen LogP contribution in [0, 0.1) is 0 Å². The minimum atomic E-state index is -0.500. The molecule has 1 aliphatic carbocycles. The van der Waals surface area contributed by atoms with Gasteiger partial charge in [0.2, 0.25) is 5.91 Å². The molecular weight excluding hydrogens is 284 g/mol. The predicted octanol–water partition coefficient (Wildman–Crippen LogP) is 2.07. The van der Waals surface area contributed by atoms with Crippen LogP contribution in [0.1, 0.15) is 53.4 Å². The van der Waals surface area contributed by atoms with Crippen LogP contribution in [0.15, 0.2) is 0 Å². The first-order valence-corrected chi connectivity index (χ1v) is 8.14. The Morgan fingerprint density at radius 2 is 2.00 bits per heavy atom. The van der Waals surface area contributed by atoms with Gasteiger partial charge in [0.1, 0.15) is 12.2 Å². The van der Waals surface area contributed by atoms with Crippen LogP contribution in [0.4, 0.5) is 4.79 Å². The number of carbonyl (C=O) groups excluding carboxylic acids is 2. The summed E-state index contributed by atoms with van der Waals surface area (Å²) in [5, 5.41) is 2.91. The van der Waals surface area contributed by atoms with E-state index in [-0.39, 0.29) is 18.6 Å². The molecule has 1 N–H and O–H groups in total. The number of nitrogens with one attached hydrogen (secondary N) is 1. The highest BCUT2D eigenvalue weighted by Crippen LogP contribution is 2.30. The molecule has 1 saturated carbocycles. The fourth-order valence-electron chi connectivity index (χ4n) is 2.55. The summed E-state index contributed by atoms with van der Waals surface area (Å²) in [4.78, 5) is 25.6. The standard InChI is InChI=1S/C16H28N2O4/c1-5-16(21-10-13(19)17-12-6-7-12)8-9-18(11-16)14(20)22-15(2,3)4/h12H,5-11H2,1-4H3,(H,17,19). The Kier molecular flexibility index (Phi) is 5.00. The van der Waals surface area contributed by atoms with E-state index < -0.39 is 11.2 Å². The van der Waals surface area contributed by atoms with Gasteiger partial charge in [0.15, 0.2) is 0 Å². The minimum absolute atomic E-state index is 0.0620. The van der Waals surface area contributed by atoms with E-state index in [1.807, 2.05) is 27.7 Å². The van der Waals surface area contributed by atoms with Gasteiger partial charge in [-0.15, -0.1) is 0 Å². The van der Waals surface area contributed by atoms with Gasteiger partial charge in [-0.05, 0) is 46.5 Å². The molecule has 2 amide bonds. The fourth-order valence-corrected chi connectivity index (χ4v) is 2.55. The summed E-state index contributed by atoms with van der Waals surface area (Å²) >= 11 is 0. The maximum Gasteiger partial charge on any atom is 0.410 e. The van der Waals surface area contributed by atoms with Gasteiger partial charge in [0.05, 0.1) is 12.1 Å². The van der Waals surface area contributed by atoms with Crippen molar-refractivity contribution in [3.05, 3.63) is 0 Å². The van der Waals surface area contributed by atoms with Crippen molar-refractivity contribution < 1.29 is 19.1 Å². The van der Waals surface area contributed by atoms with Crippen LogP contribution in [-0.2, 0) is 14.3 Å². The molecular formula is C16H28N2O4. The Balaban J connectivity index is 1.83. The first-order valence-electron chi connectivity index (χ1n) is 8.14. The first-order chi connectivity index (χ1) is 10.2. The third-order valence-corrected chi connectivity index (χ3v) is 4.06. The second kappa shape index (κ2) is 6.44. The van der Waals surface area contributed by atoms with Crippen molar-refractivity contribution in [3.8, 4) is 0 Å². The molecule has 2 rings (SSSR count). The summed E-state index contributed by atoms with van der Waals surface area (Å²) in [6.07, 6.45) is 3.32. The molecule has 22 heavy (non-hydrogen) atoms. The Morgan fingerprint density at radius 3 is 2.55 bits per heavy atom. The first kappa shape index (κ1) is 17.1. The van der Waals surface area contributed by atoms with Gasteiger partial charge in [-0.25, -0.2) is 4.79 Å². The average molecular weight is 312 g/mol. The van der Waals surface area contributed by atoms with Crippen molar-refractivity contribution in [2.45, 2.75) is 70.6 Å². The summed E-state index contributed by atoms with van der Waals surface area (Å²) in [5.74, 6) is -0.0638. The molecule has 1 saturated heterocycles. The van der Waals surface area contributed by atoms with E-state index in [4.69, 9.17) is 9.47 Å². The van der Waals surface area contributed by atoms with Crippen LogP contribution in [-0.4, -0.2) is 53.8 Å². The van der Waals surface area contributed by atoms with E-state index in [0.717, 1.165) is 25.7 Å². The minimum Gasteiger partial charge on any atom is -0.444 e. The van der Waals surface area contributed by atoms with Crippen molar-refractivity contribution in [3.63, 3.8) is 0 Å². The van der Waals surface area contributed by atoms with Gasteiger partial charge >= 0.3 is 6.09 Å². The maximum atomic E-state index is 12.1. The number of hydrogen-bond donors (Lipinski definition) is 1. The van der Waals surface area contributed by atoms with Crippen LogP contribution in [0.2, 0.25) is 0 Å². The summed E-state index contributed by atoms with van der Waals surface area (Å²) in [7, 11) is 0. The van der Waals surface area contributed by atoms with E-state index in [1.54, 1.807) is 4.90 Å². The highest BCUT2D eigenvalue weighted by atomic mass is 16.6. The van der Waals surface area contributed by atoms with E-state index in [1.165, 1.54) is 0 Å². The van der Waals surface area contributed by atoms with Crippen molar-refractivity contribution >= 4 is 12.0 Å². The Labute approximate surface area is 132 Å². The molecule has 6 heteroatoms. The van der Waals surface area contributed by atoms with Crippen molar-refractivity contribution in [1.82, 2.24) is 10.2 Å². The molecule has 6 nitrogen and oxygen atoms in total. The summed E-state index contributed by atoms with van der Waals surface area (Å²) < 4.78 is 11.3. The molecule has 1 heterocycles. The molecule has 0 spiro atoms. The lowest BCUT2D eigenvalue weighted by Gasteiger charge is -2.29. The normalized spacial score (nSPS) is 25.2. The number of nitrogens with zero attached hydrogens (tertiary/aromatic N) is 1. The molecule has 0 aromatic carbocycles. The van der Waals surface area contributed by atoms with Gasteiger partial charge in [-0.2, -0.15) is 0 Å².